The van der Waals surface area contributed by atoms with Crippen LogP contribution in [0.15, 0.2) is 60.7 Å². The molecule has 0 saturated heterocycles. The van der Waals surface area contributed by atoms with E-state index in [4.69, 9.17) is 0 Å². The van der Waals surface area contributed by atoms with Crippen LogP contribution in [0.4, 0.5) is 14.5 Å². The van der Waals surface area contributed by atoms with E-state index in [1.165, 1.54) is 12.1 Å². The van der Waals surface area contributed by atoms with E-state index in [-0.39, 0.29) is 23.8 Å². The summed E-state index contributed by atoms with van der Waals surface area (Å²) >= 11 is 0. The lowest BCUT2D eigenvalue weighted by molar-refractivity contribution is -0.118. The molecule has 0 atom stereocenters. The second-order valence-electron chi connectivity index (χ2n) is 9.91. The molecule has 5 rings (SSSR count). The number of aryl methyl sites for hydroxylation is 4. The van der Waals surface area contributed by atoms with Crippen molar-refractivity contribution in [2.24, 2.45) is 0 Å². The van der Waals surface area contributed by atoms with Crippen molar-refractivity contribution in [3.63, 3.8) is 0 Å². The zero-order chi connectivity index (χ0) is 26.6. The Kier molecular flexibility index (Phi) is 5.78. The molecule has 0 fully saturated rings. The Morgan fingerprint density at radius 3 is 1.81 bits per heavy atom. The van der Waals surface area contributed by atoms with Crippen molar-refractivity contribution >= 4 is 11.6 Å². The number of hydrogen-bond acceptors (Lipinski definition) is 3. The molecular formula is C31H27F2NO3. The molecule has 1 amide bonds. The first-order valence-corrected chi connectivity index (χ1v) is 12.0. The molecule has 0 aliphatic carbocycles. The molecule has 0 bridgehead atoms. The van der Waals surface area contributed by atoms with Crippen LogP contribution in [0.2, 0.25) is 0 Å². The van der Waals surface area contributed by atoms with Crippen molar-refractivity contribution in [2.75, 3.05) is 5.32 Å². The van der Waals surface area contributed by atoms with Gasteiger partial charge in [-0.3, -0.25) is 4.79 Å². The van der Waals surface area contributed by atoms with E-state index < -0.39 is 17.0 Å². The molecule has 1 aliphatic heterocycles. The van der Waals surface area contributed by atoms with Gasteiger partial charge in [0, 0.05) is 23.7 Å². The van der Waals surface area contributed by atoms with Crippen LogP contribution in [0.5, 0.6) is 11.5 Å². The van der Waals surface area contributed by atoms with Gasteiger partial charge >= 0.3 is 0 Å². The van der Waals surface area contributed by atoms with Crippen molar-refractivity contribution in [1.29, 1.82) is 0 Å². The molecular weight excluding hydrogens is 472 g/mol. The standard InChI is InChI=1S/C31H27F2NO3/c1-16-9-22(10-17(2)28(16)35)31(23-11-18(3)29(36)19(4)12-23)25-8-5-20(14-27(25)34-30(31)37)13-21-6-7-24(32)15-26(21)33/h5-12,14-15,35-36H,13H2,1-4H3,(H,34,37). The molecule has 4 aromatic carbocycles. The van der Waals surface area contributed by atoms with E-state index in [0.29, 0.717) is 44.6 Å². The third kappa shape index (κ3) is 3.84. The number of fused-ring (bicyclic) bond motifs is 1. The number of aromatic hydroxyl groups is 2. The van der Waals surface area contributed by atoms with Gasteiger partial charge in [0.1, 0.15) is 28.5 Å². The summed E-state index contributed by atoms with van der Waals surface area (Å²) in [6.45, 7) is 7.17. The first-order valence-electron chi connectivity index (χ1n) is 12.0. The third-order valence-corrected chi connectivity index (χ3v) is 7.33. The summed E-state index contributed by atoms with van der Waals surface area (Å²) in [5.41, 5.74) is 5.16. The predicted molar refractivity (Wildman–Crippen MR) is 139 cm³/mol. The van der Waals surface area contributed by atoms with Crippen LogP contribution in [0.3, 0.4) is 0 Å². The fourth-order valence-corrected chi connectivity index (χ4v) is 5.44. The number of rotatable bonds is 4. The summed E-state index contributed by atoms with van der Waals surface area (Å²) in [6, 6.07) is 16.3. The minimum absolute atomic E-state index is 0.173. The molecule has 4 aromatic rings. The molecule has 0 aromatic heterocycles. The van der Waals surface area contributed by atoms with Gasteiger partial charge in [-0.1, -0.05) is 42.5 Å². The molecule has 37 heavy (non-hydrogen) atoms. The van der Waals surface area contributed by atoms with Gasteiger partial charge in [0.25, 0.3) is 0 Å². The van der Waals surface area contributed by atoms with Crippen LogP contribution in [0.1, 0.15) is 50.1 Å². The average molecular weight is 500 g/mol. The number of nitrogens with one attached hydrogen (secondary N) is 1. The fourth-order valence-electron chi connectivity index (χ4n) is 5.44. The van der Waals surface area contributed by atoms with Gasteiger partial charge in [-0.2, -0.15) is 0 Å². The maximum Gasteiger partial charge on any atom is 0.244 e. The Labute approximate surface area is 214 Å². The Morgan fingerprint density at radius 2 is 1.30 bits per heavy atom. The summed E-state index contributed by atoms with van der Waals surface area (Å²) in [6.07, 6.45) is 0.233. The minimum Gasteiger partial charge on any atom is -0.507 e. The predicted octanol–water partition coefficient (Wildman–Crippen LogP) is 6.49. The Bertz CT molecular complexity index is 1490. The van der Waals surface area contributed by atoms with Crippen LogP contribution in [0.25, 0.3) is 0 Å². The van der Waals surface area contributed by atoms with Crippen LogP contribution in [0, 0.1) is 39.3 Å². The zero-order valence-corrected chi connectivity index (χ0v) is 21.0. The van der Waals surface area contributed by atoms with Crippen LogP contribution in [-0.4, -0.2) is 16.1 Å². The first kappa shape index (κ1) is 24.5. The van der Waals surface area contributed by atoms with Crippen LogP contribution >= 0.6 is 0 Å². The van der Waals surface area contributed by atoms with Crippen molar-refractivity contribution in [3.8, 4) is 11.5 Å². The summed E-state index contributed by atoms with van der Waals surface area (Å²) in [5.74, 6) is -1.17. The highest BCUT2D eigenvalue weighted by molar-refractivity contribution is 6.11. The van der Waals surface area contributed by atoms with Crippen LogP contribution < -0.4 is 5.32 Å². The second-order valence-corrected chi connectivity index (χ2v) is 9.91. The van der Waals surface area contributed by atoms with Crippen molar-refractivity contribution < 1.29 is 23.8 Å². The first-order chi connectivity index (χ1) is 17.5. The van der Waals surface area contributed by atoms with E-state index in [1.807, 2.05) is 42.5 Å². The molecule has 0 spiro atoms. The van der Waals surface area contributed by atoms with Crippen molar-refractivity contribution in [2.45, 2.75) is 39.5 Å². The molecule has 4 nitrogen and oxygen atoms in total. The maximum atomic E-state index is 14.3. The van der Waals surface area contributed by atoms with Gasteiger partial charge in [-0.25, -0.2) is 8.78 Å². The number of anilines is 1. The number of carbonyl (C=O) groups is 1. The molecule has 0 unspecified atom stereocenters. The number of carbonyl (C=O) groups excluding carboxylic acids is 1. The smallest absolute Gasteiger partial charge is 0.244 e. The van der Waals surface area contributed by atoms with E-state index in [0.717, 1.165) is 17.2 Å². The number of benzene rings is 4. The average Bonchev–Trinajstić information content (AvgIpc) is 3.13. The number of halogens is 2. The second kappa shape index (κ2) is 8.73. The normalized spacial score (nSPS) is 13.9. The molecule has 188 valence electrons. The summed E-state index contributed by atoms with van der Waals surface area (Å²) < 4.78 is 27.7. The maximum absolute atomic E-state index is 14.3. The lowest BCUT2D eigenvalue weighted by atomic mass is 9.68. The SMILES string of the molecule is Cc1cc(C2(c3cc(C)c(O)c(C)c3)C(=O)Nc3cc(Cc4ccc(F)cc4F)ccc32)cc(C)c1O. The lowest BCUT2D eigenvalue weighted by Crippen LogP contribution is -2.37. The van der Waals surface area contributed by atoms with Gasteiger partial charge in [0.15, 0.2) is 0 Å². The number of hydrogen-bond donors (Lipinski definition) is 3. The van der Waals surface area contributed by atoms with Gasteiger partial charge in [0.05, 0.1) is 0 Å². The highest BCUT2D eigenvalue weighted by Crippen LogP contribution is 2.50. The zero-order valence-electron chi connectivity index (χ0n) is 21.0. The topological polar surface area (TPSA) is 69.6 Å². The summed E-state index contributed by atoms with van der Waals surface area (Å²) in [4.78, 5) is 14.0. The minimum atomic E-state index is -1.23. The van der Waals surface area contributed by atoms with Crippen molar-refractivity contribution in [1.82, 2.24) is 0 Å². The van der Waals surface area contributed by atoms with Gasteiger partial charge in [0.2, 0.25) is 5.91 Å². The summed E-state index contributed by atoms with van der Waals surface area (Å²) in [7, 11) is 0. The number of phenolic OH excluding ortho intramolecular Hbond substituents is 2. The highest BCUT2D eigenvalue weighted by Gasteiger charge is 2.50. The van der Waals surface area contributed by atoms with E-state index >= 15 is 0 Å². The Hall–Kier alpha value is -4.19. The largest absolute Gasteiger partial charge is 0.507 e. The quantitative estimate of drug-likeness (QED) is 0.301. The number of amides is 1. The van der Waals surface area contributed by atoms with Crippen molar-refractivity contribution in [3.05, 3.63) is 122 Å². The monoisotopic (exact) mass is 499 g/mol. The van der Waals surface area contributed by atoms with Gasteiger partial charge in [-0.15, -0.1) is 0 Å². The van der Waals surface area contributed by atoms with E-state index in [1.54, 1.807) is 27.7 Å². The van der Waals surface area contributed by atoms with Gasteiger partial charge < -0.3 is 15.5 Å². The molecule has 3 N–H and O–H groups in total. The summed E-state index contributed by atoms with van der Waals surface area (Å²) in [5, 5.41) is 23.9. The molecule has 0 saturated carbocycles. The lowest BCUT2D eigenvalue weighted by Gasteiger charge is -2.31. The number of phenols is 2. The van der Waals surface area contributed by atoms with E-state index in [9.17, 15) is 23.8 Å². The van der Waals surface area contributed by atoms with E-state index in [2.05, 4.69) is 5.32 Å². The van der Waals surface area contributed by atoms with Crippen LogP contribution in [-0.2, 0) is 16.6 Å². The molecule has 0 radical (unpaired) electrons. The molecule has 1 heterocycles. The third-order valence-electron chi connectivity index (χ3n) is 7.33. The molecule has 1 aliphatic rings. The Morgan fingerprint density at radius 1 is 0.757 bits per heavy atom. The van der Waals surface area contributed by atoms with Gasteiger partial charge in [-0.05, 0) is 84.3 Å². The fraction of sp³-hybridized carbons (Fsp3) is 0.194. The Balaban J connectivity index is 1.73. The highest BCUT2D eigenvalue weighted by atomic mass is 19.1. The molecule has 6 heteroatoms.